The van der Waals surface area contributed by atoms with Gasteiger partial charge in [-0.15, -0.1) is 0 Å². The van der Waals surface area contributed by atoms with E-state index in [1.54, 1.807) is 6.07 Å². The lowest BCUT2D eigenvalue weighted by atomic mass is 10.1. The van der Waals surface area contributed by atoms with Crippen molar-refractivity contribution in [3.8, 4) is 0 Å². The van der Waals surface area contributed by atoms with Crippen molar-refractivity contribution < 1.29 is 4.74 Å². The summed E-state index contributed by atoms with van der Waals surface area (Å²) in [6.07, 6.45) is 2.41. The van der Waals surface area contributed by atoms with Crippen LogP contribution in [-0.2, 0) is 4.74 Å². The van der Waals surface area contributed by atoms with Gasteiger partial charge in [-0.05, 0) is 6.42 Å². The summed E-state index contributed by atoms with van der Waals surface area (Å²) >= 11 is 0. The summed E-state index contributed by atoms with van der Waals surface area (Å²) in [7, 11) is 0. The van der Waals surface area contributed by atoms with Crippen molar-refractivity contribution in [3.05, 3.63) is 28.4 Å². The van der Waals surface area contributed by atoms with Gasteiger partial charge in [-0.1, -0.05) is 0 Å². The first-order valence-electron chi connectivity index (χ1n) is 3.98. The molecule has 1 aliphatic heterocycles. The van der Waals surface area contributed by atoms with Crippen LogP contribution in [0.2, 0.25) is 0 Å². The molecule has 1 aromatic heterocycles. The van der Waals surface area contributed by atoms with Crippen LogP contribution in [0.5, 0.6) is 0 Å². The molecular formula is C8H10N2O2. The standard InChI is InChI=1S/C8H10N2O2/c11-8-3-7(9-5-10-8)6-1-2-12-4-6/h3,5-6H,1-2,4H2,(H,9,10,11). The normalized spacial score (nSPS) is 22.8. The molecule has 64 valence electrons. The maximum atomic E-state index is 10.9. The van der Waals surface area contributed by atoms with Crippen LogP contribution in [0.15, 0.2) is 17.2 Å². The van der Waals surface area contributed by atoms with E-state index in [9.17, 15) is 4.79 Å². The average Bonchev–Trinajstić information content (AvgIpc) is 2.56. The number of nitrogens with zero attached hydrogens (tertiary/aromatic N) is 1. The summed E-state index contributed by atoms with van der Waals surface area (Å²) in [5, 5.41) is 0. The summed E-state index contributed by atoms with van der Waals surface area (Å²) in [6, 6.07) is 1.54. The number of H-pyrrole nitrogens is 1. The molecule has 1 unspecified atom stereocenters. The Morgan fingerprint density at radius 1 is 1.67 bits per heavy atom. The summed E-state index contributed by atoms with van der Waals surface area (Å²) in [5.74, 6) is 0.312. The topological polar surface area (TPSA) is 55.0 Å². The lowest BCUT2D eigenvalue weighted by Crippen LogP contribution is -2.10. The van der Waals surface area contributed by atoms with E-state index in [2.05, 4.69) is 9.97 Å². The van der Waals surface area contributed by atoms with Gasteiger partial charge in [0, 0.05) is 18.6 Å². The van der Waals surface area contributed by atoms with Crippen LogP contribution in [0.4, 0.5) is 0 Å². The van der Waals surface area contributed by atoms with Gasteiger partial charge in [0.25, 0.3) is 5.56 Å². The van der Waals surface area contributed by atoms with Crippen molar-refractivity contribution in [2.45, 2.75) is 12.3 Å². The second-order valence-corrected chi connectivity index (χ2v) is 2.90. The third-order valence-electron chi connectivity index (χ3n) is 2.05. The average molecular weight is 166 g/mol. The molecule has 0 saturated carbocycles. The van der Waals surface area contributed by atoms with Crippen molar-refractivity contribution >= 4 is 0 Å². The second kappa shape index (κ2) is 3.06. The highest BCUT2D eigenvalue weighted by Crippen LogP contribution is 2.21. The summed E-state index contributed by atoms with van der Waals surface area (Å²) < 4.78 is 5.20. The monoisotopic (exact) mass is 166 g/mol. The van der Waals surface area contributed by atoms with E-state index in [0.717, 1.165) is 18.7 Å². The van der Waals surface area contributed by atoms with Crippen LogP contribution in [-0.4, -0.2) is 23.2 Å². The number of aromatic amines is 1. The van der Waals surface area contributed by atoms with Gasteiger partial charge >= 0.3 is 0 Å². The predicted octanol–water partition coefficient (Wildman–Crippen LogP) is 0.274. The summed E-state index contributed by atoms with van der Waals surface area (Å²) in [4.78, 5) is 17.5. The highest BCUT2D eigenvalue weighted by atomic mass is 16.5. The Bertz CT molecular complexity index is 315. The van der Waals surface area contributed by atoms with Gasteiger partial charge in [0.15, 0.2) is 0 Å². The third-order valence-corrected chi connectivity index (χ3v) is 2.05. The minimum atomic E-state index is -0.0908. The smallest absolute Gasteiger partial charge is 0.250 e. The quantitative estimate of drug-likeness (QED) is 0.651. The Morgan fingerprint density at radius 2 is 2.58 bits per heavy atom. The van der Waals surface area contributed by atoms with Gasteiger partial charge in [0.05, 0.1) is 18.6 Å². The molecule has 4 nitrogen and oxygen atoms in total. The highest BCUT2D eigenvalue weighted by molar-refractivity contribution is 5.07. The maximum absolute atomic E-state index is 10.9. The fraction of sp³-hybridized carbons (Fsp3) is 0.500. The molecule has 1 aliphatic rings. The van der Waals surface area contributed by atoms with E-state index in [1.165, 1.54) is 6.33 Å². The van der Waals surface area contributed by atoms with Crippen molar-refractivity contribution in [2.75, 3.05) is 13.2 Å². The van der Waals surface area contributed by atoms with E-state index < -0.39 is 0 Å². The van der Waals surface area contributed by atoms with E-state index in [1.807, 2.05) is 0 Å². The second-order valence-electron chi connectivity index (χ2n) is 2.90. The van der Waals surface area contributed by atoms with Gasteiger partial charge in [-0.2, -0.15) is 0 Å². The Labute approximate surface area is 69.6 Å². The fourth-order valence-electron chi connectivity index (χ4n) is 1.37. The number of rotatable bonds is 1. The van der Waals surface area contributed by atoms with E-state index in [4.69, 9.17) is 4.74 Å². The van der Waals surface area contributed by atoms with Crippen molar-refractivity contribution in [3.63, 3.8) is 0 Å². The summed E-state index contributed by atoms with van der Waals surface area (Å²) in [6.45, 7) is 1.47. The first kappa shape index (κ1) is 7.49. The molecule has 0 spiro atoms. The van der Waals surface area contributed by atoms with Crippen LogP contribution in [0.25, 0.3) is 0 Å². The molecule has 0 bridgehead atoms. The molecule has 0 aliphatic carbocycles. The lowest BCUT2D eigenvalue weighted by molar-refractivity contribution is 0.193. The van der Waals surface area contributed by atoms with Gasteiger partial charge in [0.1, 0.15) is 0 Å². The molecule has 0 radical (unpaired) electrons. The number of nitrogens with one attached hydrogen (secondary N) is 1. The van der Waals surface area contributed by atoms with E-state index in [0.29, 0.717) is 12.5 Å². The molecular weight excluding hydrogens is 156 g/mol. The Balaban J connectivity index is 2.27. The van der Waals surface area contributed by atoms with Gasteiger partial charge < -0.3 is 9.72 Å². The molecule has 2 rings (SSSR count). The predicted molar refractivity (Wildman–Crippen MR) is 43.0 cm³/mol. The van der Waals surface area contributed by atoms with Gasteiger partial charge in [-0.25, -0.2) is 4.98 Å². The van der Waals surface area contributed by atoms with Gasteiger partial charge in [0.2, 0.25) is 0 Å². The van der Waals surface area contributed by atoms with Crippen molar-refractivity contribution in [1.82, 2.24) is 9.97 Å². The SMILES string of the molecule is O=c1cc(C2CCOC2)nc[nH]1. The largest absolute Gasteiger partial charge is 0.381 e. The highest BCUT2D eigenvalue weighted by Gasteiger charge is 2.18. The first-order valence-corrected chi connectivity index (χ1v) is 3.98. The molecule has 4 heteroatoms. The van der Waals surface area contributed by atoms with Crippen LogP contribution < -0.4 is 5.56 Å². The maximum Gasteiger partial charge on any atom is 0.250 e. The third kappa shape index (κ3) is 1.38. The lowest BCUT2D eigenvalue weighted by Gasteiger charge is -2.03. The molecule has 0 aromatic carbocycles. The molecule has 1 aromatic rings. The minimum absolute atomic E-state index is 0.0908. The zero-order chi connectivity index (χ0) is 8.39. The number of hydrogen-bond acceptors (Lipinski definition) is 3. The van der Waals surface area contributed by atoms with E-state index >= 15 is 0 Å². The van der Waals surface area contributed by atoms with Crippen LogP contribution >= 0.6 is 0 Å². The van der Waals surface area contributed by atoms with Crippen LogP contribution in [0.1, 0.15) is 18.0 Å². The Morgan fingerprint density at radius 3 is 3.25 bits per heavy atom. The van der Waals surface area contributed by atoms with Crippen LogP contribution in [0.3, 0.4) is 0 Å². The number of ether oxygens (including phenoxy) is 1. The molecule has 1 N–H and O–H groups in total. The minimum Gasteiger partial charge on any atom is -0.381 e. The van der Waals surface area contributed by atoms with Crippen LogP contribution in [0, 0.1) is 0 Å². The molecule has 1 saturated heterocycles. The molecule has 0 amide bonds. The first-order chi connectivity index (χ1) is 5.86. The Hall–Kier alpha value is -1.16. The number of aromatic nitrogens is 2. The molecule has 12 heavy (non-hydrogen) atoms. The van der Waals surface area contributed by atoms with E-state index in [-0.39, 0.29) is 5.56 Å². The van der Waals surface area contributed by atoms with Crippen molar-refractivity contribution in [2.24, 2.45) is 0 Å². The zero-order valence-electron chi connectivity index (χ0n) is 6.62. The Kier molecular flexibility index (Phi) is 1.91. The zero-order valence-corrected chi connectivity index (χ0v) is 6.62. The molecule has 1 fully saturated rings. The summed E-state index contributed by atoms with van der Waals surface area (Å²) in [5.41, 5.74) is 0.753. The molecule has 2 heterocycles. The molecule has 1 atom stereocenters. The number of hydrogen-bond donors (Lipinski definition) is 1. The van der Waals surface area contributed by atoms with Crippen molar-refractivity contribution in [1.29, 1.82) is 0 Å². The fourth-order valence-corrected chi connectivity index (χ4v) is 1.37. The van der Waals surface area contributed by atoms with Gasteiger partial charge in [-0.3, -0.25) is 4.79 Å².